The number of methoxy groups -OCH3 is 1. The lowest BCUT2D eigenvalue weighted by atomic mass is 10.2. The summed E-state index contributed by atoms with van der Waals surface area (Å²) in [6.07, 6.45) is 3.19. The number of para-hydroxylation sites is 1. The van der Waals surface area contributed by atoms with Crippen molar-refractivity contribution in [3.63, 3.8) is 0 Å². The van der Waals surface area contributed by atoms with Gasteiger partial charge >= 0.3 is 0 Å². The molecule has 3 aromatic rings. The highest BCUT2D eigenvalue weighted by Gasteiger charge is 2.09. The molecule has 1 amide bonds. The van der Waals surface area contributed by atoms with Crippen LogP contribution in [0.15, 0.2) is 71.5 Å². The van der Waals surface area contributed by atoms with E-state index in [2.05, 4.69) is 31.5 Å². The quantitative estimate of drug-likeness (QED) is 0.645. The molecule has 0 atom stereocenters. The molecule has 2 N–H and O–H groups in total. The number of benzene rings is 2. The fraction of sp³-hybridized carbons (Fsp3) is 0.0526. The summed E-state index contributed by atoms with van der Waals surface area (Å²) in [6.45, 7) is 0. The fourth-order valence-corrected chi connectivity index (χ4v) is 2.64. The molecule has 126 valence electrons. The van der Waals surface area contributed by atoms with Crippen LogP contribution in [0.3, 0.4) is 0 Å². The molecule has 3 rings (SSSR count). The van der Waals surface area contributed by atoms with Crippen LogP contribution >= 0.6 is 15.9 Å². The number of amides is 1. The summed E-state index contributed by atoms with van der Waals surface area (Å²) in [6, 6.07) is 16.7. The summed E-state index contributed by atoms with van der Waals surface area (Å²) in [7, 11) is 1.62. The van der Waals surface area contributed by atoms with Gasteiger partial charge in [-0.05, 0) is 46.3 Å². The number of rotatable bonds is 5. The number of nitrogens with zero attached hydrogens (tertiary/aromatic N) is 1. The van der Waals surface area contributed by atoms with Crippen molar-refractivity contribution < 1.29 is 9.53 Å². The Balaban J connectivity index is 1.76. The molecule has 0 aliphatic rings. The van der Waals surface area contributed by atoms with E-state index in [0.29, 0.717) is 16.9 Å². The second-order valence-electron chi connectivity index (χ2n) is 5.25. The smallest absolute Gasteiger partial charge is 0.257 e. The summed E-state index contributed by atoms with van der Waals surface area (Å²) >= 11 is 3.42. The monoisotopic (exact) mass is 397 g/mol. The summed E-state index contributed by atoms with van der Waals surface area (Å²) in [5.41, 5.74) is 2.74. The van der Waals surface area contributed by atoms with Crippen molar-refractivity contribution in [1.82, 2.24) is 4.98 Å². The zero-order chi connectivity index (χ0) is 17.6. The maximum atomic E-state index is 12.5. The molecule has 25 heavy (non-hydrogen) atoms. The number of aromatic nitrogens is 1. The van der Waals surface area contributed by atoms with Gasteiger partial charge in [-0.2, -0.15) is 0 Å². The third-order valence-corrected chi connectivity index (χ3v) is 4.17. The van der Waals surface area contributed by atoms with Crippen molar-refractivity contribution in [2.24, 2.45) is 0 Å². The van der Waals surface area contributed by atoms with Crippen LogP contribution in [0, 0.1) is 0 Å². The SMILES string of the molecule is COc1cccc(Nc2cncc(C(=O)Nc3ccccc3Br)c2)c1. The largest absolute Gasteiger partial charge is 0.497 e. The number of hydrogen-bond acceptors (Lipinski definition) is 4. The van der Waals surface area contributed by atoms with Crippen molar-refractivity contribution in [2.45, 2.75) is 0 Å². The van der Waals surface area contributed by atoms with Gasteiger partial charge in [-0.1, -0.05) is 18.2 Å². The molecule has 6 heteroatoms. The van der Waals surface area contributed by atoms with Gasteiger partial charge in [0, 0.05) is 22.4 Å². The van der Waals surface area contributed by atoms with E-state index in [9.17, 15) is 4.79 Å². The molecule has 5 nitrogen and oxygen atoms in total. The zero-order valence-electron chi connectivity index (χ0n) is 13.5. The molecular weight excluding hydrogens is 382 g/mol. The maximum absolute atomic E-state index is 12.5. The minimum Gasteiger partial charge on any atom is -0.497 e. The molecule has 0 fully saturated rings. The van der Waals surface area contributed by atoms with Crippen molar-refractivity contribution in [1.29, 1.82) is 0 Å². The molecule has 0 aliphatic carbocycles. The molecule has 0 saturated carbocycles. The van der Waals surface area contributed by atoms with Crippen molar-refractivity contribution in [3.05, 3.63) is 77.0 Å². The topological polar surface area (TPSA) is 63.2 Å². The Hall–Kier alpha value is -2.86. The highest BCUT2D eigenvalue weighted by molar-refractivity contribution is 9.10. The minimum absolute atomic E-state index is 0.228. The van der Waals surface area contributed by atoms with E-state index in [1.54, 1.807) is 19.4 Å². The number of carbonyl (C=O) groups excluding carboxylic acids is 1. The van der Waals surface area contributed by atoms with Crippen LogP contribution in [-0.4, -0.2) is 18.0 Å². The van der Waals surface area contributed by atoms with Crippen LogP contribution in [0.1, 0.15) is 10.4 Å². The van der Waals surface area contributed by atoms with Gasteiger partial charge in [-0.3, -0.25) is 9.78 Å². The van der Waals surface area contributed by atoms with Crippen LogP contribution in [0.4, 0.5) is 17.1 Å². The lowest BCUT2D eigenvalue weighted by Crippen LogP contribution is -2.12. The zero-order valence-corrected chi connectivity index (χ0v) is 15.1. The van der Waals surface area contributed by atoms with Gasteiger partial charge in [0.05, 0.1) is 30.2 Å². The Morgan fingerprint density at radius 1 is 1.04 bits per heavy atom. The van der Waals surface area contributed by atoms with Crippen LogP contribution in [0.5, 0.6) is 5.75 Å². The number of pyridine rings is 1. The molecule has 0 radical (unpaired) electrons. The van der Waals surface area contributed by atoms with E-state index >= 15 is 0 Å². The summed E-state index contributed by atoms with van der Waals surface area (Å²) in [5, 5.41) is 6.08. The van der Waals surface area contributed by atoms with E-state index in [1.807, 2.05) is 48.5 Å². The van der Waals surface area contributed by atoms with Crippen molar-refractivity contribution in [3.8, 4) is 5.75 Å². The summed E-state index contributed by atoms with van der Waals surface area (Å²) < 4.78 is 6.03. The molecule has 2 aromatic carbocycles. The molecule has 0 aliphatic heterocycles. The first-order chi connectivity index (χ1) is 12.2. The third kappa shape index (κ3) is 4.36. The van der Waals surface area contributed by atoms with Crippen molar-refractivity contribution in [2.75, 3.05) is 17.7 Å². The van der Waals surface area contributed by atoms with Gasteiger partial charge in [-0.25, -0.2) is 0 Å². The number of ether oxygens (including phenoxy) is 1. The number of carbonyl (C=O) groups is 1. The molecule has 0 bridgehead atoms. The van der Waals surface area contributed by atoms with Gasteiger partial charge in [0.2, 0.25) is 0 Å². The van der Waals surface area contributed by atoms with Crippen LogP contribution in [0.2, 0.25) is 0 Å². The maximum Gasteiger partial charge on any atom is 0.257 e. The summed E-state index contributed by atoms with van der Waals surface area (Å²) in [4.78, 5) is 16.6. The normalized spacial score (nSPS) is 10.2. The Labute approximate surface area is 154 Å². The molecule has 1 aromatic heterocycles. The molecular formula is C19H16BrN3O2. The Bertz CT molecular complexity index is 899. The lowest BCUT2D eigenvalue weighted by Gasteiger charge is -2.10. The molecule has 0 saturated heterocycles. The Morgan fingerprint density at radius 3 is 2.68 bits per heavy atom. The van der Waals surface area contributed by atoms with Crippen LogP contribution < -0.4 is 15.4 Å². The predicted octanol–water partition coefficient (Wildman–Crippen LogP) is 4.85. The van der Waals surface area contributed by atoms with E-state index < -0.39 is 0 Å². The van der Waals surface area contributed by atoms with Crippen LogP contribution in [0.25, 0.3) is 0 Å². The number of nitrogens with one attached hydrogen (secondary N) is 2. The highest BCUT2D eigenvalue weighted by atomic mass is 79.9. The standard InChI is InChI=1S/C19H16BrN3O2/c1-25-16-6-4-5-14(10-16)22-15-9-13(11-21-12-15)19(24)23-18-8-3-2-7-17(18)20/h2-12,22H,1H3,(H,23,24). The van der Waals surface area contributed by atoms with Gasteiger partial charge < -0.3 is 15.4 Å². The van der Waals surface area contributed by atoms with Crippen molar-refractivity contribution >= 4 is 38.9 Å². The van der Waals surface area contributed by atoms with E-state index in [1.165, 1.54) is 6.20 Å². The minimum atomic E-state index is -0.228. The molecule has 0 spiro atoms. The molecule has 0 unspecified atom stereocenters. The number of hydrogen-bond donors (Lipinski definition) is 2. The molecule has 1 heterocycles. The third-order valence-electron chi connectivity index (χ3n) is 3.48. The predicted molar refractivity (Wildman–Crippen MR) is 103 cm³/mol. The lowest BCUT2D eigenvalue weighted by molar-refractivity contribution is 0.102. The van der Waals surface area contributed by atoms with Gasteiger partial charge in [0.1, 0.15) is 5.75 Å². The first-order valence-corrected chi connectivity index (χ1v) is 8.37. The average molecular weight is 398 g/mol. The second-order valence-corrected chi connectivity index (χ2v) is 6.11. The van der Waals surface area contributed by atoms with Gasteiger partial charge in [-0.15, -0.1) is 0 Å². The number of anilines is 3. The van der Waals surface area contributed by atoms with E-state index in [-0.39, 0.29) is 5.91 Å². The average Bonchev–Trinajstić information content (AvgIpc) is 2.64. The Kier molecular flexibility index (Phi) is 5.30. The van der Waals surface area contributed by atoms with Gasteiger partial charge in [0.15, 0.2) is 0 Å². The van der Waals surface area contributed by atoms with E-state index in [0.717, 1.165) is 15.9 Å². The first kappa shape index (κ1) is 17.0. The Morgan fingerprint density at radius 2 is 1.88 bits per heavy atom. The number of halogens is 1. The first-order valence-electron chi connectivity index (χ1n) is 7.58. The van der Waals surface area contributed by atoms with Gasteiger partial charge in [0.25, 0.3) is 5.91 Å². The van der Waals surface area contributed by atoms with E-state index in [4.69, 9.17) is 4.74 Å². The fourth-order valence-electron chi connectivity index (χ4n) is 2.26. The van der Waals surface area contributed by atoms with Crippen LogP contribution in [-0.2, 0) is 0 Å². The second kappa shape index (κ2) is 7.81. The highest BCUT2D eigenvalue weighted by Crippen LogP contribution is 2.23. The summed E-state index contributed by atoms with van der Waals surface area (Å²) in [5.74, 6) is 0.523.